The minimum Gasteiger partial charge on any atom is -0.384 e. The molecule has 18 heavy (non-hydrogen) atoms. The monoisotopic (exact) mass is 255 g/mol. The van der Waals surface area contributed by atoms with Crippen molar-refractivity contribution in [2.24, 2.45) is 5.92 Å². The van der Waals surface area contributed by atoms with Crippen molar-refractivity contribution in [3.05, 3.63) is 0 Å². The number of rotatable bonds is 5. The van der Waals surface area contributed by atoms with Crippen LogP contribution in [0.1, 0.15) is 19.3 Å². The Labute approximate surface area is 112 Å². The molecule has 106 valence electrons. The molecule has 0 spiro atoms. The molecule has 0 aromatic carbocycles. The van der Waals surface area contributed by atoms with Crippen LogP contribution in [-0.4, -0.2) is 75.9 Å². The topological polar surface area (TPSA) is 27.7 Å². The van der Waals surface area contributed by atoms with E-state index in [9.17, 15) is 0 Å². The molecule has 4 nitrogen and oxygen atoms in total. The van der Waals surface area contributed by atoms with Crippen LogP contribution in [0.3, 0.4) is 0 Å². The van der Waals surface area contributed by atoms with Gasteiger partial charge in [0.25, 0.3) is 0 Å². The second-order valence-electron chi connectivity index (χ2n) is 5.71. The van der Waals surface area contributed by atoms with Crippen molar-refractivity contribution in [2.45, 2.75) is 19.3 Å². The molecule has 2 heterocycles. The van der Waals surface area contributed by atoms with Crippen LogP contribution in [0.25, 0.3) is 0 Å². The average molecular weight is 255 g/mol. The summed E-state index contributed by atoms with van der Waals surface area (Å²) in [6, 6.07) is 0. The van der Waals surface area contributed by atoms with Crippen LogP contribution in [0.4, 0.5) is 0 Å². The SMILES string of the molecule is COCC1CCCN(CCN2CCCNCC2)C1. The maximum Gasteiger partial charge on any atom is 0.0502 e. The summed E-state index contributed by atoms with van der Waals surface area (Å²) in [5.41, 5.74) is 0. The molecular weight excluding hydrogens is 226 g/mol. The third-order valence-corrected chi connectivity index (χ3v) is 4.17. The van der Waals surface area contributed by atoms with Gasteiger partial charge >= 0.3 is 0 Å². The number of hydrogen-bond acceptors (Lipinski definition) is 4. The summed E-state index contributed by atoms with van der Waals surface area (Å²) in [5, 5.41) is 3.47. The Hall–Kier alpha value is -0.160. The normalized spacial score (nSPS) is 28.2. The average Bonchev–Trinajstić information content (AvgIpc) is 2.66. The quantitative estimate of drug-likeness (QED) is 0.780. The maximum atomic E-state index is 5.30. The van der Waals surface area contributed by atoms with E-state index in [2.05, 4.69) is 15.1 Å². The van der Waals surface area contributed by atoms with Crippen LogP contribution < -0.4 is 5.32 Å². The summed E-state index contributed by atoms with van der Waals surface area (Å²) in [4.78, 5) is 5.24. The van der Waals surface area contributed by atoms with E-state index < -0.39 is 0 Å². The van der Waals surface area contributed by atoms with Crippen LogP contribution in [0.15, 0.2) is 0 Å². The minimum absolute atomic E-state index is 0.759. The molecule has 4 heteroatoms. The standard InChI is InChI=1S/C14H29N3O/c1-18-13-14-4-2-7-17(12-14)11-10-16-8-3-5-15-6-9-16/h14-15H,2-13H2,1H3. The van der Waals surface area contributed by atoms with Crippen LogP contribution >= 0.6 is 0 Å². The van der Waals surface area contributed by atoms with Gasteiger partial charge in [-0.2, -0.15) is 0 Å². The van der Waals surface area contributed by atoms with Crippen LogP contribution in [-0.2, 0) is 4.74 Å². The number of piperidine rings is 1. The molecule has 2 rings (SSSR count). The molecule has 2 saturated heterocycles. The van der Waals surface area contributed by atoms with Gasteiger partial charge in [0.1, 0.15) is 0 Å². The maximum absolute atomic E-state index is 5.30. The zero-order valence-electron chi connectivity index (χ0n) is 11.9. The highest BCUT2D eigenvalue weighted by Gasteiger charge is 2.20. The Balaban J connectivity index is 1.65. The van der Waals surface area contributed by atoms with E-state index in [0.717, 1.165) is 19.1 Å². The van der Waals surface area contributed by atoms with Gasteiger partial charge in [0.05, 0.1) is 6.61 Å². The van der Waals surface area contributed by atoms with Crippen LogP contribution in [0, 0.1) is 5.92 Å². The Bertz CT molecular complexity index is 215. The lowest BCUT2D eigenvalue weighted by Gasteiger charge is -2.33. The van der Waals surface area contributed by atoms with Crippen molar-refractivity contribution in [2.75, 3.05) is 66.1 Å². The van der Waals surface area contributed by atoms with Gasteiger partial charge in [0.15, 0.2) is 0 Å². The molecule has 1 N–H and O–H groups in total. The van der Waals surface area contributed by atoms with E-state index in [1.807, 2.05) is 7.11 Å². The van der Waals surface area contributed by atoms with E-state index in [0.29, 0.717) is 0 Å². The molecule has 2 fully saturated rings. The zero-order chi connectivity index (χ0) is 12.6. The molecule has 0 bridgehead atoms. The fourth-order valence-electron chi connectivity index (χ4n) is 3.13. The minimum atomic E-state index is 0.759. The Morgan fingerprint density at radius 1 is 1.06 bits per heavy atom. The molecule has 0 aliphatic carbocycles. The van der Waals surface area contributed by atoms with Crippen molar-refractivity contribution in [1.82, 2.24) is 15.1 Å². The lowest BCUT2D eigenvalue weighted by Crippen LogP contribution is -2.42. The fourth-order valence-corrected chi connectivity index (χ4v) is 3.13. The van der Waals surface area contributed by atoms with Gasteiger partial charge in [-0.1, -0.05) is 0 Å². The van der Waals surface area contributed by atoms with Crippen LogP contribution in [0.2, 0.25) is 0 Å². The summed E-state index contributed by atoms with van der Waals surface area (Å²) in [7, 11) is 1.82. The number of nitrogens with zero attached hydrogens (tertiary/aromatic N) is 2. The fraction of sp³-hybridized carbons (Fsp3) is 1.00. The van der Waals surface area contributed by atoms with E-state index in [1.54, 1.807) is 0 Å². The highest BCUT2D eigenvalue weighted by molar-refractivity contribution is 4.74. The summed E-state index contributed by atoms with van der Waals surface area (Å²) < 4.78 is 5.30. The Morgan fingerprint density at radius 3 is 2.78 bits per heavy atom. The molecule has 2 aliphatic heterocycles. The van der Waals surface area contributed by atoms with Gasteiger partial charge in [-0.15, -0.1) is 0 Å². The van der Waals surface area contributed by atoms with Gasteiger partial charge in [-0.3, -0.25) is 0 Å². The van der Waals surface area contributed by atoms with Crippen molar-refractivity contribution in [3.8, 4) is 0 Å². The lowest BCUT2D eigenvalue weighted by molar-refractivity contribution is 0.0848. The van der Waals surface area contributed by atoms with E-state index in [-0.39, 0.29) is 0 Å². The predicted molar refractivity (Wildman–Crippen MR) is 75.0 cm³/mol. The first kappa shape index (κ1) is 14.3. The molecule has 0 aromatic heterocycles. The highest BCUT2D eigenvalue weighted by atomic mass is 16.5. The smallest absolute Gasteiger partial charge is 0.0502 e. The second kappa shape index (κ2) is 8.10. The summed E-state index contributed by atoms with van der Waals surface area (Å²) in [6.45, 7) is 10.8. The molecular formula is C14H29N3O. The zero-order valence-corrected chi connectivity index (χ0v) is 11.9. The molecule has 0 radical (unpaired) electrons. The number of hydrogen-bond donors (Lipinski definition) is 1. The van der Waals surface area contributed by atoms with Gasteiger partial charge in [-0.25, -0.2) is 0 Å². The van der Waals surface area contributed by atoms with Gasteiger partial charge < -0.3 is 19.9 Å². The summed E-state index contributed by atoms with van der Waals surface area (Å²) in [6.07, 6.45) is 3.99. The van der Waals surface area contributed by atoms with E-state index >= 15 is 0 Å². The summed E-state index contributed by atoms with van der Waals surface area (Å²) >= 11 is 0. The third kappa shape index (κ3) is 4.84. The first-order valence-electron chi connectivity index (χ1n) is 7.53. The lowest BCUT2D eigenvalue weighted by atomic mass is 9.99. The molecule has 0 amide bonds. The Kier molecular flexibility index (Phi) is 6.41. The molecule has 2 aliphatic rings. The number of likely N-dealkylation sites (tertiary alicyclic amines) is 1. The second-order valence-corrected chi connectivity index (χ2v) is 5.71. The highest BCUT2D eigenvalue weighted by Crippen LogP contribution is 2.16. The van der Waals surface area contributed by atoms with Crippen molar-refractivity contribution in [1.29, 1.82) is 0 Å². The molecule has 1 unspecified atom stereocenters. The third-order valence-electron chi connectivity index (χ3n) is 4.17. The first-order chi connectivity index (χ1) is 8.88. The van der Waals surface area contributed by atoms with Gasteiger partial charge in [0, 0.05) is 39.8 Å². The van der Waals surface area contributed by atoms with Crippen molar-refractivity contribution < 1.29 is 4.74 Å². The first-order valence-corrected chi connectivity index (χ1v) is 7.53. The molecule has 0 saturated carbocycles. The number of nitrogens with one attached hydrogen (secondary N) is 1. The van der Waals surface area contributed by atoms with Crippen molar-refractivity contribution in [3.63, 3.8) is 0 Å². The Morgan fingerprint density at radius 2 is 1.89 bits per heavy atom. The number of ether oxygens (including phenoxy) is 1. The summed E-state index contributed by atoms with van der Waals surface area (Å²) in [5.74, 6) is 0.759. The molecule has 0 aromatic rings. The largest absolute Gasteiger partial charge is 0.384 e. The molecule has 1 atom stereocenters. The van der Waals surface area contributed by atoms with E-state index in [4.69, 9.17) is 4.74 Å². The van der Waals surface area contributed by atoms with Crippen LogP contribution in [0.5, 0.6) is 0 Å². The number of methoxy groups -OCH3 is 1. The van der Waals surface area contributed by atoms with Gasteiger partial charge in [-0.05, 0) is 44.8 Å². The van der Waals surface area contributed by atoms with Crippen molar-refractivity contribution >= 4 is 0 Å². The van der Waals surface area contributed by atoms with Gasteiger partial charge in [0.2, 0.25) is 0 Å². The predicted octanol–water partition coefficient (Wildman–Crippen LogP) is 0.640. The van der Waals surface area contributed by atoms with E-state index in [1.165, 1.54) is 65.1 Å².